The highest BCUT2D eigenvalue weighted by molar-refractivity contribution is 7.98. The first-order valence-corrected chi connectivity index (χ1v) is 9.79. The van der Waals surface area contributed by atoms with Crippen LogP contribution >= 0.6 is 11.8 Å². The zero-order valence-corrected chi connectivity index (χ0v) is 15.1. The van der Waals surface area contributed by atoms with Crippen LogP contribution in [-0.2, 0) is 17.0 Å². The Labute approximate surface area is 148 Å². The van der Waals surface area contributed by atoms with Gasteiger partial charge in [-0.2, -0.15) is 11.8 Å². The predicted octanol–water partition coefficient (Wildman–Crippen LogP) is 4.30. The van der Waals surface area contributed by atoms with Crippen LogP contribution in [0.5, 0.6) is 0 Å². The lowest BCUT2D eigenvalue weighted by Crippen LogP contribution is -2.39. The predicted molar refractivity (Wildman–Crippen MR) is 99.1 cm³/mol. The maximum Gasteiger partial charge on any atom is 0.226 e. The first kappa shape index (κ1) is 17.2. The third-order valence-electron chi connectivity index (χ3n) is 4.58. The standard InChI is InChI=1S/C20H25NO2S/c1-16-4-2-5-18(12-16)13-20(22)21-9-7-17(8-10-21)14-24-15-19-6-3-11-23-19/h2-6,11-12,17H,7-10,13-15H2,1H3. The second-order valence-corrected chi connectivity index (χ2v) is 7.61. The van der Waals surface area contributed by atoms with E-state index in [1.807, 2.05) is 40.9 Å². The average Bonchev–Trinajstić information content (AvgIpc) is 3.09. The fourth-order valence-corrected chi connectivity index (χ4v) is 4.33. The van der Waals surface area contributed by atoms with Gasteiger partial charge in [0.2, 0.25) is 5.91 Å². The van der Waals surface area contributed by atoms with Gasteiger partial charge in [0.25, 0.3) is 0 Å². The molecule has 0 spiro atoms. The number of aryl methyl sites for hydroxylation is 1. The zero-order chi connectivity index (χ0) is 16.8. The Morgan fingerprint density at radius 1 is 1.25 bits per heavy atom. The normalized spacial score (nSPS) is 15.6. The third kappa shape index (κ3) is 4.91. The molecular weight excluding hydrogens is 318 g/mol. The molecule has 0 unspecified atom stereocenters. The minimum absolute atomic E-state index is 0.266. The van der Waals surface area contributed by atoms with Crippen molar-refractivity contribution >= 4 is 17.7 Å². The molecule has 1 saturated heterocycles. The largest absolute Gasteiger partial charge is 0.468 e. The van der Waals surface area contributed by atoms with Crippen molar-refractivity contribution in [3.8, 4) is 0 Å². The fraction of sp³-hybridized carbons (Fsp3) is 0.450. The molecule has 4 heteroatoms. The van der Waals surface area contributed by atoms with Gasteiger partial charge in [0.15, 0.2) is 0 Å². The van der Waals surface area contributed by atoms with E-state index in [9.17, 15) is 4.79 Å². The topological polar surface area (TPSA) is 33.5 Å². The first-order chi connectivity index (χ1) is 11.7. The van der Waals surface area contributed by atoms with Crippen LogP contribution in [-0.4, -0.2) is 29.6 Å². The summed E-state index contributed by atoms with van der Waals surface area (Å²) in [5, 5.41) is 0. The molecule has 1 aliphatic heterocycles. The van der Waals surface area contributed by atoms with E-state index in [0.29, 0.717) is 12.3 Å². The molecule has 1 aromatic carbocycles. The maximum atomic E-state index is 12.5. The quantitative estimate of drug-likeness (QED) is 0.784. The summed E-state index contributed by atoms with van der Waals surface area (Å²) in [6, 6.07) is 12.2. The molecule has 0 saturated carbocycles. The van der Waals surface area contributed by atoms with Crippen molar-refractivity contribution in [2.45, 2.75) is 31.9 Å². The van der Waals surface area contributed by atoms with Gasteiger partial charge in [-0.15, -0.1) is 0 Å². The Hall–Kier alpha value is -1.68. The molecule has 128 valence electrons. The van der Waals surface area contributed by atoms with Crippen LogP contribution in [0.2, 0.25) is 0 Å². The average molecular weight is 343 g/mol. The molecule has 0 radical (unpaired) electrons. The minimum atomic E-state index is 0.266. The minimum Gasteiger partial charge on any atom is -0.468 e. The molecule has 2 aromatic rings. The molecule has 1 fully saturated rings. The summed E-state index contributed by atoms with van der Waals surface area (Å²) in [6.07, 6.45) is 4.49. The lowest BCUT2D eigenvalue weighted by molar-refractivity contribution is -0.131. The van der Waals surface area contributed by atoms with Gasteiger partial charge in [0.05, 0.1) is 18.4 Å². The Morgan fingerprint density at radius 3 is 2.79 bits per heavy atom. The summed E-state index contributed by atoms with van der Waals surface area (Å²) in [5.74, 6) is 4.13. The molecular formula is C20H25NO2S. The summed E-state index contributed by atoms with van der Waals surface area (Å²) in [6.45, 7) is 3.87. The number of carbonyl (C=O) groups excluding carboxylic acids is 1. The summed E-state index contributed by atoms with van der Waals surface area (Å²) in [5.41, 5.74) is 2.34. The van der Waals surface area contributed by atoms with E-state index in [1.54, 1.807) is 6.26 Å². The smallest absolute Gasteiger partial charge is 0.226 e. The summed E-state index contributed by atoms with van der Waals surface area (Å²) >= 11 is 1.93. The zero-order valence-electron chi connectivity index (χ0n) is 14.2. The second-order valence-electron chi connectivity index (χ2n) is 6.58. The van der Waals surface area contributed by atoms with Crippen molar-refractivity contribution in [1.82, 2.24) is 4.90 Å². The van der Waals surface area contributed by atoms with Gasteiger partial charge in [0.1, 0.15) is 5.76 Å². The number of carbonyl (C=O) groups is 1. The highest BCUT2D eigenvalue weighted by Gasteiger charge is 2.22. The Balaban J connectivity index is 1.39. The molecule has 2 heterocycles. The van der Waals surface area contributed by atoms with Crippen LogP contribution in [0.3, 0.4) is 0 Å². The van der Waals surface area contributed by atoms with Crippen LogP contribution in [0.25, 0.3) is 0 Å². The van der Waals surface area contributed by atoms with Gasteiger partial charge in [-0.25, -0.2) is 0 Å². The molecule has 24 heavy (non-hydrogen) atoms. The Bertz CT molecular complexity index is 645. The molecule has 1 aliphatic rings. The van der Waals surface area contributed by atoms with Gasteiger partial charge >= 0.3 is 0 Å². The van der Waals surface area contributed by atoms with Crippen LogP contribution in [0, 0.1) is 12.8 Å². The number of furan rings is 1. The van der Waals surface area contributed by atoms with Crippen molar-refractivity contribution in [2.24, 2.45) is 5.92 Å². The van der Waals surface area contributed by atoms with Crippen molar-refractivity contribution in [3.05, 3.63) is 59.5 Å². The van der Waals surface area contributed by atoms with Gasteiger partial charge in [-0.1, -0.05) is 29.8 Å². The van der Waals surface area contributed by atoms with Crippen molar-refractivity contribution < 1.29 is 9.21 Å². The third-order valence-corrected chi connectivity index (χ3v) is 5.78. The molecule has 3 rings (SSSR count). The van der Waals surface area contributed by atoms with Crippen molar-refractivity contribution in [3.63, 3.8) is 0 Å². The van der Waals surface area contributed by atoms with Crippen molar-refractivity contribution in [2.75, 3.05) is 18.8 Å². The number of likely N-dealkylation sites (tertiary alicyclic amines) is 1. The van der Waals surface area contributed by atoms with Crippen LogP contribution < -0.4 is 0 Å². The fourth-order valence-electron chi connectivity index (χ4n) is 3.18. The van der Waals surface area contributed by atoms with Crippen molar-refractivity contribution in [1.29, 1.82) is 0 Å². The highest BCUT2D eigenvalue weighted by Crippen LogP contribution is 2.24. The number of benzene rings is 1. The van der Waals surface area contributed by atoms with Gasteiger partial charge in [0, 0.05) is 13.1 Å². The molecule has 3 nitrogen and oxygen atoms in total. The monoisotopic (exact) mass is 343 g/mol. The second kappa shape index (κ2) is 8.43. The summed E-state index contributed by atoms with van der Waals surface area (Å²) in [7, 11) is 0. The SMILES string of the molecule is Cc1cccc(CC(=O)N2CCC(CSCc3ccco3)CC2)c1. The summed E-state index contributed by atoms with van der Waals surface area (Å²) < 4.78 is 5.36. The number of hydrogen-bond acceptors (Lipinski definition) is 3. The number of hydrogen-bond donors (Lipinski definition) is 0. The first-order valence-electron chi connectivity index (χ1n) is 8.64. The van der Waals surface area contributed by atoms with Crippen LogP contribution in [0.15, 0.2) is 47.1 Å². The molecule has 0 aliphatic carbocycles. The number of nitrogens with zero attached hydrogens (tertiary/aromatic N) is 1. The Morgan fingerprint density at radius 2 is 2.08 bits per heavy atom. The highest BCUT2D eigenvalue weighted by atomic mass is 32.2. The van der Waals surface area contributed by atoms with E-state index in [0.717, 1.165) is 48.8 Å². The van der Waals surface area contributed by atoms with E-state index >= 15 is 0 Å². The van der Waals surface area contributed by atoms with Gasteiger partial charge in [-0.3, -0.25) is 4.79 Å². The number of rotatable bonds is 6. The van der Waals surface area contributed by atoms with Gasteiger partial charge < -0.3 is 9.32 Å². The van der Waals surface area contributed by atoms with E-state index in [-0.39, 0.29) is 5.91 Å². The molecule has 0 N–H and O–H groups in total. The number of thioether (sulfide) groups is 1. The number of amides is 1. The molecule has 1 aromatic heterocycles. The maximum absolute atomic E-state index is 12.5. The van der Waals surface area contributed by atoms with E-state index < -0.39 is 0 Å². The van der Waals surface area contributed by atoms with E-state index in [4.69, 9.17) is 4.42 Å². The molecule has 0 atom stereocenters. The summed E-state index contributed by atoms with van der Waals surface area (Å²) in [4.78, 5) is 14.5. The lowest BCUT2D eigenvalue weighted by atomic mass is 9.98. The van der Waals surface area contributed by atoms with Gasteiger partial charge in [-0.05, 0) is 49.1 Å². The van der Waals surface area contributed by atoms with E-state index in [2.05, 4.69) is 19.1 Å². The van der Waals surface area contributed by atoms with E-state index in [1.165, 1.54) is 5.56 Å². The lowest BCUT2D eigenvalue weighted by Gasteiger charge is -2.32. The van der Waals surface area contributed by atoms with Crippen LogP contribution in [0.4, 0.5) is 0 Å². The number of piperidine rings is 1. The van der Waals surface area contributed by atoms with Crippen LogP contribution in [0.1, 0.15) is 29.7 Å². The molecule has 0 bridgehead atoms. The Kier molecular flexibility index (Phi) is 6.02. The molecule has 1 amide bonds.